The van der Waals surface area contributed by atoms with E-state index in [0.717, 1.165) is 47.4 Å². The van der Waals surface area contributed by atoms with E-state index in [0.29, 0.717) is 5.56 Å². The lowest BCUT2D eigenvalue weighted by atomic mass is 9.78. The van der Waals surface area contributed by atoms with Crippen molar-refractivity contribution in [2.75, 3.05) is 0 Å². The van der Waals surface area contributed by atoms with Crippen molar-refractivity contribution in [1.82, 2.24) is 0 Å². The fourth-order valence-electron chi connectivity index (χ4n) is 5.39. The molecule has 1 fully saturated rings. The van der Waals surface area contributed by atoms with Crippen molar-refractivity contribution in [3.05, 3.63) is 84.2 Å². The van der Waals surface area contributed by atoms with Gasteiger partial charge in [-0.05, 0) is 66.0 Å². The quantitative estimate of drug-likeness (QED) is 0.298. The highest BCUT2D eigenvalue weighted by Gasteiger charge is 2.20. The summed E-state index contributed by atoms with van der Waals surface area (Å²) in [5.74, 6) is 1.68. The Bertz CT molecular complexity index is 1020. The Morgan fingerprint density at radius 2 is 1.53 bits per heavy atom. The molecule has 4 rings (SSSR count). The maximum atomic E-state index is 15.3. The van der Waals surface area contributed by atoms with E-state index < -0.39 is 0 Å². The van der Waals surface area contributed by atoms with Gasteiger partial charge in [0, 0.05) is 10.9 Å². The van der Waals surface area contributed by atoms with Gasteiger partial charge in [0.2, 0.25) is 0 Å². The Labute approximate surface area is 193 Å². The number of halogens is 1. The predicted octanol–water partition coefficient (Wildman–Crippen LogP) is 9.30. The van der Waals surface area contributed by atoms with Crippen molar-refractivity contribution in [1.29, 1.82) is 0 Å². The van der Waals surface area contributed by atoms with Crippen LogP contribution in [0.2, 0.25) is 0 Å². The Hall–Kier alpha value is -2.41. The second-order valence-electron chi connectivity index (χ2n) is 9.72. The molecule has 1 aliphatic carbocycles. The fraction of sp³-hybridized carbons (Fsp3) is 0.419. The molecule has 32 heavy (non-hydrogen) atoms. The van der Waals surface area contributed by atoms with E-state index >= 15 is 4.39 Å². The van der Waals surface area contributed by atoms with Crippen LogP contribution >= 0.6 is 0 Å². The molecule has 0 nitrogen and oxygen atoms in total. The highest BCUT2D eigenvalue weighted by molar-refractivity contribution is 5.88. The third kappa shape index (κ3) is 5.49. The summed E-state index contributed by atoms with van der Waals surface area (Å²) in [6.07, 6.45) is 14.6. The molecule has 0 unspecified atom stereocenters. The minimum atomic E-state index is -0.105. The van der Waals surface area contributed by atoms with Gasteiger partial charge in [0.1, 0.15) is 5.82 Å². The van der Waals surface area contributed by atoms with Crippen LogP contribution in [-0.4, -0.2) is 0 Å². The van der Waals surface area contributed by atoms with E-state index in [1.165, 1.54) is 56.1 Å². The van der Waals surface area contributed by atoms with Crippen molar-refractivity contribution < 1.29 is 4.39 Å². The fourth-order valence-corrected chi connectivity index (χ4v) is 5.39. The lowest BCUT2D eigenvalue weighted by Crippen LogP contribution is -2.15. The first kappa shape index (κ1) is 22.8. The third-order valence-corrected chi connectivity index (χ3v) is 7.41. The Kier molecular flexibility index (Phi) is 7.79. The Morgan fingerprint density at radius 3 is 2.22 bits per heavy atom. The number of benzene rings is 3. The Morgan fingerprint density at radius 1 is 0.844 bits per heavy atom. The van der Waals surface area contributed by atoms with Crippen LogP contribution in [0.5, 0.6) is 0 Å². The standard InChI is InChI=1S/C31H37F/c1-3-5-7-23-8-10-24(11-9-23)12-13-25-14-17-27(18-15-25)29-21-19-28-22-26(6-4-2)16-20-30(28)31(29)32/h3,14-24H,1,4-13H2,2H3. The molecule has 1 aliphatic rings. The maximum absolute atomic E-state index is 15.3. The second-order valence-corrected chi connectivity index (χ2v) is 9.72. The van der Waals surface area contributed by atoms with E-state index in [1.54, 1.807) is 0 Å². The van der Waals surface area contributed by atoms with Crippen LogP contribution in [0.1, 0.15) is 69.4 Å². The zero-order valence-electron chi connectivity index (χ0n) is 19.6. The smallest absolute Gasteiger partial charge is 0.138 e. The monoisotopic (exact) mass is 428 g/mol. The minimum Gasteiger partial charge on any atom is -0.206 e. The van der Waals surface area contributed by atoms with E-state index in [2.05, 4.69) is 62.0 Å². The van der Waals surface area contributed by atoms with Gasteiger partial charge in [-0.1, -0.05) is 99.7 Å². The first-order valence-corrected chi connectivity index (χ1v) is 12.6. The first-order valence-electron chi connectivity index (χ1n) is 12.6. The van der Waals surface area contributed by atoms with Crippen molar-refractivity contribution in [2.45, 2.75) is 71.1 Å². The third-order valence-electron chi connectivity index (χ3n) is 7.41. The van der Waals surface area contributed by atoms with Gasteiger partial charge in [-0.15, -0.1) is 6.58 Å². The molecule has 3 aromatic carbocycles. The van der Waals surface area contributed by atoms with Crippen LogP contribution in [-0.2, 0) is 12.8 Å². The van der Waals surface area contributed by atoms with E-state index in [4.69, 9.17) is 0 Å². The molecule has 0 aromatic heterocycles. The average Bonchev–Trinajstić information content (AvgIpc) is 2.83. The summed E-state index contributed by atoms with van der Waals surface area (Å²) in [6, 6.07) is 18.7. The molecule has 3 aromatic rings. The molecule has 0 heterocycles. The number of allylic oxidation sites excluding steroid dienone is 1. The molecule has 0 bridgehead atoms. The summed E-state index contributed by atoms with van der Waals surface area (Å²) in [6.45, 7) is 6.03. The van der Waals surface area contributed by atoms with Gasteiger partial charge in [-0.3, -0.25) is 0 Å². The van der Waals surface area contributed by atoms with E-state index in [-0.39, 0.29) is 5.82 Å². The van der Waals surface area contributed by atoms with Crippen molar-refractivity contribution >= 4 is 10.8 Å². The molecule has 0 saturated heterocycles. The van der Waals surface area contributed by atoms with Gasteiger partial charge in [-0.2, -0.15) is 0 Å². The summed E-state index contributed by atoms with van der Waals surface area (Å²) in [5, 5.41) is 1.71. The van der Waals surface area contributed by atoms with Gasteiger partial charge in [0.05, 0.1) is 0 Å². The number of hydrogen-bond donors (Lipinski definition) is 0. The summed E-state index contributed by atoms with van der Waals surface area (Å²) >= 11 is 0. The highest BCUT2D eigenvalue weighted by atomic mass is 19.1. The molecule has 1 heteroatoms. The summed E-state index contributed by atoms with van der Waals surface area (Å²) in [5.41, 5.74) is 4.31. The number of hydrogen-bond acceptors (Lipinski definition) is 0. The molecule has 0 radical (unpaired) electrons. The molecule has 1 saturated carbocycles. The number of rotatable bonds is 9. The normalized spacial score (nSPS) is 18.7. The maximum Gasteiger partial charge on any atom is 0.138 e. The zero-order valence-corrected chi connectivity index (χ0v) is 19.6. The molecule has 0 N–H and O–H groups in total. The lowest BCUT2D eigenvalue weighted by Gasteiger charge is -2.28. The summed E-state index contributed by atoms with van der Waals surface area (Å²) in [4.78, 5) is 0. The molecule has 0 atom stereocenters. The van der Waals surface area contributed by atoms with Crippen molar-refractivity contribution in [3.8, 4) is 11.1 Å². The van der Waals surface area contributed by atoms with Crippen molar-refractivity contribution in [2.24, 2.45) is 11.8 Å². The van der Waals surface area contributed by atoms with Gasteiger partial charge in [0.25, 0.3) is 0 Å². The molecular weight excluding hydrogens is 391 g/mol. The second kappa shape index (κ2) is 10.9. The summed E-state index contributed by atoms with van der Waals surface area (Å²) in [7, 11) is 0. The van der Waals surface area contributed by atoms with Crippen LogP contribution in [0.3, 0.4) is 0 Å². The molecule has 0 spiro atoms. The SMILES string of the molecule is C=CCCC1CCC(CCc2ccc(-c3ccc4cc(CCC)ccc4c3F)cc2)CC1. The molecule has 0 aliphatic heterocycles. The largest absolute Gasteiger partial charge is 0.206 e. The van der Waals surface area contributed by atoms with Crippen LogP contribution in [0.15, 0.2) is 67.3 Å². The predicted molar refractivity (Wildman–Crippen MR) is 137 cm³/mol. The molecule has 0 amide bonds. The van der Waals surface area contributed by atoms with Gasteiger partial charge >= 0.3 is 0 Å². The van der Waals surface area contributed by atoms with Crippen molar-refractivity contribution in [3.63, 3.8) is 0 Å². The average molecular weight is 429 g/mol. The van der Waals surface area contributed by atoms with Gasteiger partial charge < -0.3 is 0 Å². The lowest BCUT2D eigenvalue weighted by molar-refractivity contribution is 0.254. The topological polar surface area (TPSA) is 0 Å². The highest BCUT2D eigenvalue weighted by Crippen LogP contribution is 2.34. The first-order chi connectivity index (χ1) is 15.7. The minimum absolute atomic E-state index is 0.105. The van der Waals surface area contributed by atoms with Gasteiger partial charge in [0.15, 0.2) is 0 Å². The number of aryl methyl sites for hydroxylation is 2. The Balaban J connectivity index is 1.37. The number of fused-ring (bicyclic) bond motifs is 1. The van der Waals surface area contributed by atoms with Crippen LogP contribution in [0, 0.1) is 17.7 Å². The van der Waals surface area contributed by atoms with Crippen LogP contribution in [0.4, 0.5) is 4.39 Å². The summed E-state index contributed by atoms with van der Waals surface area (Å²) < 4.78 is 15.3. The van der Waals surface area contributed by atoms with E-state index in [9.17, 15) is 0 Å². The zero-order chi connectivity index (χ0) is 22.3. The van der Waals surface area contributed by atoms with Crippen LogP contribution < -0.4 is 0 Å². The van der Waals surface area contributed by atoms with Crippen LogP contribution in [0.25, 0.3) is 21.9 Å². The molecule has 168 valence electrons. The van der Waals surface area contributed by atoms with E-state index in [1.807, 2.05) is 12.1 Å². The van der Waals surface area contributed by atoms with Gasteiger partial charge in [-0.25, -0.2) is 4.39 Å². The molecular formula is C31H37F.